The average Bonchev–Trinajstić information content (AvgIpc) is 2.55. The van der Waals surface area contributed by atoms with Gasteiger partial charge in [-0.05, 0) is 23.6 Å². The van der Waals surface area contributed by atoms with E-state index in [4.69, 9.17) is 9.47 Å². The van der Waals surface area contributed by atoms with Crippen LogP contribution in [-0.4, -0.2) is 29.4 Å². The summed E-state index contributed by atoms with van der Waals surface area (Å²) < 4.78 is 25.5. The number of nitrogens with one attached hydrogen (secondary N) is 1. The zero-order valence-corrected chi connectivity index (χ0v) is 12.8. The molecule has 2 heterocycles. The van der Waals surface area contributed by atoms with Gasteiger partial charge in [0.25, 0.3) is 5.56 Å². The van der Waals surface area contributed by atoms with Crippen LogP contribution in [0.3, 0.4) is 0 Å². The smallest absolute Gasteiger partial charge is 0.256 e. The molecule has 0 unspecified atom stereocenters. The summed E-state index contributed by atoms with van der Waals surface area (Å²) in [6.07, 6.45) is 1.67. The van der Waals surface area contributed by atoms with Crippen LogP contribution in [0.1, 0.15) is 12.8 Å². The van der Waals surface area contributed by atoms with Gasteiger partial charge in [0.15, 0.2) is 0 Å². The van der Waals surface area contributed by atoms with Crippen molar-refractivity contribution in [1.82, 2.24) is 4.98 Å². The molecular formula is C18H16FNO4. The van der Waals surface area contributed by atoms with Crippen molar-refractivity contribution in [3.63, 3.8) is 0 Å². The second-order valence-corrected chi connectivity index (χ2v) is 5.94. The summed E-state index contributed by atoms with van der Waals surface area (Å²) in [4.78, 5) is 14.9. The van der Waals surface area contributed by atoms with Crippen molar-refractivity contribution in [3.05, 3.63) is 46.5 Å². The van der Waals surface area contributed by atoms with Crippen molar-refractivity contribution in [3.8, 4) is 11.5 Å². The van der Waals surface area contributed by atoms with Gasteiger partial charge in [0.2, 0.25) is 0 Å². The molecule has 2 aromatic carbocycles. The Balaban J connectivity index is 1.83. The van der Waals surface area contributed by atoms with Crippen LogP contribution in [0, 0.1) is 5.82 Å². The van der Waals surface area contributed by atoms with Crippen LogP contribution >= 0.6 is 0 Å². The molecule has 0 saturated carbocycles. The zero-order chi connectivity index (χ0) is 16.7. The van der Waals surface area contributed by atoms with E-state index in [9.17, 15) is 14.3 Å². The number of pyridine rings is 1. The molecule has 1 saturated heterocycles. The number of hydrogen-bond acceptors (Lipinski definition) is 4. The van der Waals surface area contributed by atoms with E-state index in [1.54, 1.807) is 18.2 Å². The molecule has 0 atom stereocenters. The monoisotopic (exact) mass is 329 g/mol. The number of H-pyrrole nitrogens is 1. The first-order valence-electron chi connectivity index (χ1n) is 7.84. The van der Waals surface area contributed by atoms with Gasteiger partial charge in [-0.3, -0.25) is 4.79 Å². The Morgan fingerprint density at radius 2 is 1.96 bits per heavy atom. The van der Waals surface area contributed by atoms with E-state index in [-0.39, 0.29) is 28.3 Å². The third-order valence-corrected chi connectivity index (χ3v) is 4.30. The molecule has 1 aliphatic rings. The van der Waals surface area contributed by atoms with Crippen molar-refractivity contribution in [2.24, 2.45) is 0 Å². The molecular weight excluding hydrogens is 313 g/mol. The van der Waals surface area contributed by atoms with Gasteiger partial charge in [0.1, 0.15) is 23.4 Å². The minimum absolute atomic E-state index is 0.0596. The van der Waals surface area contributed by atoms with Crippen LogP contribution in [0.4, 0.5) is 4.39 Å². The Labute approximate surface area is 136 Å². The van der Waals surface area contributed by atoms with E-state index in [1.165, 1.54) is 6.07 Å². The van der Waals surface area contributed by atoms with E-state index in [0.29, 0.717) is 29.7 Å². The molecule has 0 aliphatic carbocycles. The Hall–Kier alpha value is -2.60. The van der Waals surface area contributed by atoms with Crippen LogP contribution in [-0.2, 0) is 4.74 Å². The first-order chi connectivity index (χ1) is 11.6. The van der Waals surface area contributed by atoms with E-state index in [2.05, 4.69) is 4.98 Å². The molecule has 124 valence electrons. The highest BCUT2D eigenvalue weighted by Gasteiger charge is 2.17. The first-order valence-corrected chi connectivity index (χ1v) is 7.84. The number of aromatic amines is 1. The lowest BCUT2D eigenvalue weighted by Crippen LogP contribution is -2.25. The van der Waals surface area contributed by atoms with Crippen molar-refractivity contribution in [2.45, 2.75) is 18.9 Å². The average molecular weight is 329 g/mol. The Bertz CT molecular complexity index is 976. The van der Waals surface area contributed by atoms with Crippen molar-refractivity contribution in [2.75, 3.05) is 13.2 Å². The first kappa shape index (κ1) is 15.0. The van der Waals surface area contributed by atoms with E-state index >= 15 is 0 Å². The minimum Gasteiger partial charge on any atom is -0.508 e. The summed E-state index contributed by atoms with van der Waals surface area (Å²) in [7, 11) is 0. The number of fused-ring (bicyclic) bond motifs is 3. The van der Waals surface area contributed by atoms with Crippen LogP contribution < -0.4 is 10.3 Å². The van der Waals surface area contributed by atoms with Crippen LogP contribution in [0.15, 0.2) is 35.1 Å². The molecule has 1 aliphatic heterocycles. The minimum atomic E-state index is -0.579. The summed E-state index contributed by atoms with van der Waals surface area (Å²) >= 11 is 0. The summed E-state index contributed by atoms with van der Waals surface area (Å²) in [5.41, 5.74) is -0.0805. The van der Waals surface area contributed by atoms with Gasteiger partial charge >= 0.3 is 0 Å². The Morgan fingerprint density at radius 1 is 1.17 bits per heavy atom. The molecule has 0 spiro atoms. The number of halogens is 1. The molecule has 1 aromatic heterocycles. The fraction of sp³-hybridized carbons (Fsp3) is 0.278. The number of rotatable bonds is 2. The highest BCUT2D eigenvalue weighted by Crippen LogP contribution is 2.30. The van der Waals surface area contributed by atoms with E-state index < -0.39 is 5.82 Å². The molecule has 2 N–H and O–H groups in total. The zero-order valence-electron chi connectivity index (χ0n) is 12.8. The van der Waals surface area contributed by atoms with E-state index in [1.807, 2.05) is 0 Å². The molecule has 0 radical (unpaired) electrons. The maximum absolute atomic E-state index is 14.3. The van der Waals surface area contributed by atoms with Crippen molar-refractivity contribution < 1.29 is 19.0 Å². The van der Waals surface area contributed by atoms with Crippen molar-refractivity contribution in [1.29, 1.82) is 0 Å². The number of hydrogen-bond donors (Lipinski definition) is 2. The van der Waals surface area contributed by atoms with Gasteiger partial charge in [-0.25, -0.2) is 4.39 Å². The van der Waals surface area contributed by atoms with Gasteiger partial charge in [0, 0.05) is 30.4 Å². The van der Waals surface area contributed by atoms with Crippen LogP contribution in [0.25, 0.3) is 21.7 Å². The lowest BCUT2D eigenvalue weighted by Gasteiger charge is -2.23. The van der Waals surface area contributed by atoms with Gasteiger partial charge in [-0.15, -0.1) is 0 Å². The number of benzene rings is 2. The third kappa shape index (κ3) is 2.59. The fourth-order valence-electron chi connectivity index (χ4n) is 3.14. The van der Waals surface area contributed by atoms with Gasteiger partial charge < -0.3 is 19.6 Å². The quantitative estimate of drug-likeness (QED) is 0.709. The second kappa shape index (κ2) is 5.79. The molecule has 5 nitrogen and oxygen atoms in total. The standard InChI is InChI=1S/C18H16FNO4/c19-15-7-10(21)8-16-17(15)13-2-1-12(9-14(13)18(22)20-16)24-11-3-5-23-6-4-11/h1-2,7-9,11,21H,3-6H2,(H,20,22). The van der Waals surface area contributed by atoms with E-state index in [0.717, 1.165) is 18.9 Å². The Kier molecular flexibility index (Phi) is 3.61. The topological polar surface area (TPSA) is 71.6 Å². The molecule has 0 bridgehead atoms. The normalized spacial score (nSPS) is 15.9. The summed E-state index contributed by atoms with van der Waals surface area (Å²) in [5, 5.41) is 10.6. The molecule has 6 heteroatoms. The lowest BCUT2D eigenvalue weighted by atomic mass is 10.1. The largest absolute Gasteiger partial charge is 0.508 e. The number of ether oxygens (including phenoxy) is 2. The summed E-state index contributed by atoms with van der Waals surface area (Å²) in [6, 6.07) is 7.43. The predicted octanol–water partition coefficient (Wildman–Crippen LogP) is 3.08. The summed E-state index contributed by atoms with van der Waals surface area (Å²) in [5.74, 6) is -0.225. The predicted molar refractivity (Wildman–Crippen MR) is 88.2 cm³/mol. The maximum atomic E-state index is 14.3. The number of phenolic OH excluding ortho intramolecular Hbond substituents is 1. The van der Waals surface area contributed by atoms with Crippen LogP contribution in [0.2, 0.25) is 0 Å². The Morgan fingerprint density at radius 3 is 2.75 bits per heavy atom. The molecule has 1 fully saturated rings. The van der Waals surface area contributed by atoms with Gasteiger partial charge in [-0.1, -0.05) is 0 Å². The highest BCUT2D eigenvalue weighted by molar-refractivity contribution is 6.06. The second-order valence-electron chi connectivity index (χ2n) is 5.94. The molecule has 24 heavy (non-hydrogen) atoms. The number of phenols is 1. The van der Waals surface area contributed by atoms with Crippen molar-refractivity contribution >= 4 is 21.7 Å². The lowest BCUT2D eigenvalue weighted by molar-refractivity contribution is 0.0256. The SMILES string of the molecule is O=c1[nH]c2cc(O)cc(F)c2c2ccc(OC3CCOCC3)cc12. The number of aromatic hydroxyl groups is 1. The highest BCUT2D eigenvalue weighted by atomic mass is 19.1. The number of aromatic nitrogens is 1. The molecule has 4 rings (SSSR count). The third-order valence-electron chi connectivity index (χ3n) is 4.30. The van der Waals surface area contributed by atoms with Gasteiger partial charge in [-0.2, -0.15) is 0 Å². The fourth-order valence-corrected chi connectivity index (χ4v) is 3.14. The van der Waals surface area contributed by atoms with Crippen LogP contribution in [0.5, 0.6) is 11.5 Å². The van der Waals surface area contributed by atoms with Gasteiger partial charge in [0.05, 0.1) is 24.1 Å². The molecule has 0 amide bonds. The maximum Gasteiger partial charge on any atom is 0.256 e. The summed E-state index contributed by atoms with van der Waals surface area (Å²) in [6.45, 7) is 1.33. The molecule has 3 aromatic rings.